The van der Waals surface area contributed by atoms with E-state index < -0.39 is 7.82 Å². The lowest BCUT2D eigenvalue weighted by atomic mass is 10.1. The average molecular weight is 315 g/mol. The quantitative estimate of drug-likeness (QED) is 0.292. The Bertz CT molecular complexity index is 230. The molecule has 0 radical (unpaired) electrons. The molecular weight excluding hydrogens is 285 g/mol. The van der Waals surface area contributed by atoms with Crippen molar-refractivity contribution in [3.63, 3.8) is 0 Å². The van der Waals surface area contributed by atoms with E-state index in [9.17, 15) is 9.46 Å². The van der Waals surface area contributed by atoms with Crippen LogP contribution in [0.5, 0.6) is 0 Å². The largest absolute Gasteiger partial charge is 0.756 e. The summed E-state index contributed by atoms with van der Waals surface area (Å²) in [5.74, 6) is 0.685. The maximum Gasteiger partial charge on any atom is 0.265 e. The van der Waals surface area contributed by atoms with E-state index in [4.69, 9.17) is 15.1 Å². The van der Waals surface area contributed by atoms with E-state index in [1.54, 1.807) is 0 Å². The first-order valence-corrected chi connectivity index (χ1v) is 8.54. The van der Waals surface area contributed by atoms with Crippen LogP contribution < -0.4 is 10.2 Å². The first-order chi connectivity index (χ1) is 9.33. The van der Waals surface area contributed by atoms with E-state index in [0.29, 0.717) is 25.4 Å². The van der Waals surface area contributed by atoms with Crippen LogP contribution in [-0.2, 0) is 9.09 Å². The van der Waals surface area contributed by atoms with Crippen molar-refractivity contribution in [2.24, 2.45) is 5.92 Å². The summed E-state index contributed by atoms with van der Waals surface area (Å²) in [5, 5.41) is 18.2. The zero-order valence-electron chi connectivity index (χ0n) is 12.5. The van der Waals surface area contributed by atoms with Gasteiger partial charge in [0.05, 0.1) is 32.9 Å². The summed E-state index contributed by atoms with van der Waals surface area (Å²) < 4.78 is 14.3. The number of aliphatic hydroxyl groups is 2. The third-order valence-corrected chi connectivity index (χ3v) is 2.86. The summed E-state index contributed by atoms with van der Waals surface area (Å²) in [7, 11) is -4.48. The summed E-state index contributed by atoms with van der Waals surface area (Å²) in [6.45, 7) is 6.17. The van der Waals surface area contributed by atoms with Crippen LogP contribution in [0.2, 0.25) is 0 Å². The van der Waals surface area contributed by atoms with Gasteiger partial charge in [-0.2, -0.15) is 0 Å². The molecule has 7 nitrogen and oxygen atoms in total. The van der Waals surface area contributed by atoms with Crippen LogP contribution in [0.4, 0.5) is 0 Å². The molecule has 0 amide bonds. The number of rotatable bonds is 11. The number of nitrogens with two attached hydrogens (primary N) is 1. The third kappa shape index (κ3) is 26.5. The van der Waals surface area contributed by atoms with Crippen LogP contribution >= 0.6 is 7.82 Å². The second-order valence-corrected chi connectivity index (χ2v) is 6.05. The summed E-state index contributed by atoms with van der Waals surface area (Å²) >= 11 is 0. The van der Waals surface area contributed by atoms with Crippen molar-refractivity contribution < 1.29 is 34.4 Å². The Balaban J connectivity index is 0. The van der Waals surface area contributed by atoms with Crippen molar-refractivity contribution in [3.8, 4) is 0 Å². The number of aliphatic hydroxyl groups excluding tert-OH is 2. The zero-order valence-corrected chi connectivity index (χ0v) is 13.4. The maximum absolute atomic E-state index is 10.1. The molecule has 5 N–H and O–H groups in total. The summed E-state index contributed by atoms with van der Waals surface area (Å²) in [6, 6.07) is 0. The highest BCUT2D eigenvalue weighted by Crippen LogP contribution is 2.30. The zero-order chi connectivity index (χ0) is 15.9. The third-order valence-electron chi connectivity index (χ3n) is 2.35. The van der Waals surface area contributed by atoms with Gasteiger partial charge in [-0.3, -0.25) is 4.57 Å². The molecule has 0 aliphatic heterocycles. The van der Waals surface area contributed by atoms with Crippen molar-refractivity contribution >= 4 is 7.82 Å². The molecule has 0 heterocycles. The molecule has 8 heteroatoms. The molecule has 0 aliphatic carbocycles. The Morgan fingerprint density at radius 1 is 1.15 bits per heavy atom. The van der Waals surface area contributed by atoms with Gasteiger partial charge < -0.3 is 29.8 Å². The molecule has 0 saturated heterocycles. The van der Waals surface area contributed by atoms with E-state index >= 15 is 0 Å². The van der Waals surface area contributed by atoms with Crippen molar-refractivity contribution in [3.05, 3.63) is 0 Å². The Kier molecular flexibility index (Phi) is 17.1. The van der Waals surface area contributed by atoms with Crippen LogP contribution in [0.25, 0.3) is 0 Å². The molecule has 1 atom stereocenters. The van der Waals surface area contributed by atoms with E-state index in [-0.39, 0.29) is 19.8 Å². The number of hydrogen-bond donors (Lipinski definition) is 4. The lowest BCUT2D eigenvalue weighted by Crippen LogP contribution is -2.85. The molecule has 0 aromatic heterocycles. The fraction of sp³-hybridized carbons (Fsp3) is 1.00. The van der Waals surface area contributed by atoms with Gasteiger partial charge >= 0.3 is 0 Å². The second-order valence-electron chi connectivity index (χ2n) is 4.86. The molecule has 0 aliphatic rings. The smallest absolute Gasteiger partial charge is 0.265 e. The molecule has 0 aromatic carbocycles. The standard InChI is InChI=1S/C8H19O4P.C4H11NO2/c1-8(2)6-4-3-5-7-12-13(9,10)11;6-3-1-5-2-4-7/h8H,3-7H2,1-2H3,(H2,9,10,11);5-7H,1-4H2. The highest BCUT2D eigenvalue weighted by Gasteiger charge is 2.00. The molecule has 0 aromatic rings. The van der Waals surface area contributed by atoms with Crippen LogP contribution in [0, 0.1) is 5.92 Å². The molecule has 0 spiro atoms. The summed E-state index contributed by atoms with van der Waals surface area (Å²) in [6.07, 6.45) is 3.85. The second kappa shape index (κ2) is 15.4. The topological polar surface area (TPSA) is 127 Å². The lowest BCUT2D eigenvalue weighted by Gasteiger charge is -2.15. The summed E-state index contributed by atoms with van der Waals surface area (Å²) in [5.41, 5.74) is 0. The monoisotopic (exact) mass is 315 g/mol. The molecule has 0 fully saturated rings. The first kappa shape index (κ1) is 22.3. The van der Waals surface area contributed by atoms with Crippen molar-refractivity contribution in [1.29, 1.82) is 0 Å². The maximum atomic E-state index is 10.1. The fourth-order valence-corrected chi connectivity index (χ4v) is 1.70. The Morgan fingerprint density at radius 3 is 2.10 bits per heavy atom. The lowest BCUT2D eigenvalue weighted by molar-refractivity contribution is -0.657. The van der Waals surface area contributed by atoms with Gasteiger partial charge in [0, 0.05) is 0 Å². The number of quaternary nitrogens is 1. The first-order valence-electron chi connectivity index (χ1n) is 7.05. The predicted molar refractivity (Wildman–Crippen MR) is 74.9 cm³/mol. The fourth-order valence-electron chi connectivity index (χ4n) is 1.34. The number of hydrogen-bond acceptors (Lipinski definition) is 5. The number of phosphoric ester groups is 1. The molecule has 124 valence electrons. The van der Waals surface area contributed by atoms with Gasteiger partial charge in [-0.25, -0.2) is 0 Å². The Morgan fingerprint density at radius 2 is 1.70 bits per heavy atom. The molecule has 1 unspecified atom stereocenters. The van der Waals surface area contributed by atoms with Gasteiger partial charge in [-0.05, 0) is 12.3 Å². The van der Waals surface area contributed by atoms with E-state index in [0.717, 1.165) is 19.3 Å². The van der Waals surface area contributed by atoms with Crippen molar-refractivity contribution in [2.75, 3.05) is 32.9 Å². The SMILES string of the molecule is CC(C)CCCCCOP(=O)([O-])O.OCC[NH2+]CCO. The molecule has 0 saturated carbocycles. The average Bonchev–Trinajstić information content (AvgIpc) is 2.33. The van der Waals surface area contributed by atoms with Gasteiger partial charge in [0.1, 0.15) is 0 Å². The molecule has 0 rings (SSSR count). The van der Waals surface area contributed by atoms with E-state index in [1.807, 2.05) is 5.32 Å². The highest BCUT2D eigenvalue weighted by molar-refractivity contribution is 7.44. The van der Waals surface area contributed by atoms with Gasteiger partial charge in [-0.15, -0.1) is 0 Å². The van der Waals surface area contributed by atoms with Crippen LogP contribution in [0.15, 0.2) is 0 Å². The normalized spacial score (nSPS) is 13.8. The minimum atomic E-state index is -4.48. The van der Waals surface area contributed by atoms with Gasteiger partial charge in [0.15, 0.2) is 0 Å². The molecular formula is C12H30NO6P. The van der Waals surface area contributed by atoms with Crippen LogP contribution in [-0.4, -0.2) is 48.0 Å². The van der Waals surface area contributed by atoms with Crippen LogP contribution in [0.3, 0.4) is 0 Å². The molecule has 0 bridgehead atoms. The van der Waals surface area contributed by atoms with Crippen molar-refractivity contribution in [2.45, 2.75) is 39.5 Å². The Labute approximate surface area is 121 Å². The van der Waals surface area contributed by atoms with Gasteiger partial charge in [0.2, 0.25) is 0 Å². The van der Waals surface area contributed by atoms with E-state index in [1.165, 1.54) is 0 Å². The van der Waals surface area contributed by atoms with E-state index in [2.05, 4.69) is 18.4 Å². The number of phosphoric acid groups is 1. The minimum Gasteiger partial charge on any atom is -0.756 e. The summed E-state index contributed by atoms with van der Waals surface area (Å²) in [4.78, 5) is 18.4. The van der Waals surface area contributed by atoms with Gasteiger partial charge in [0.25, 0.3) is 7.82 Å². The highest BCUT2D eigenvalue weighted by atomic mass is 31.2. The number of unbranched alkanes of at least 4 members (excludes halogenated alkanes) is 2. The Hall–Kier alpha value is -0.0100. The van der Waals surface area contributed by atoms with Gasteiger partial charge in [-0.1, -0.05) is 33.1 Å². The minimum absolute atomic E-state index is 0.0926. The molecule has 20 heavy (non-hydrogen) atoms. The predicted octanol–water partition coefficient (Wildman–Crippen LogP) is -0.785. The van der Waals surface area contributed by atoms with Crippen LogP contribution in [0.1, 0.15) is 39.5 Å². The van der Waals surface area contributed by atoms with Crippen molar-refractivity contribution in [1.82, 2.24) is 0 Å².